The number of carboxylic acids is 1. The summed E-state index contributed by atoms with van der Waals surface area (Å²) in [7, 11) is 0. The van der Waals surface area contributed by atoms with Gasteiger partial charge in [-0.25, -0.2) is 9.37 Å². The van der Waals surface area contributed by atoms with Gasteiger partial charge < -0.3 is 14.8 Å². The molecule has 166 valence electrons. The molecular weight excluding hydrogens is 559 g/mol. The van der Waals surface area contributed by atoms with E-state index in [-0.39, 0.29) is 11.3 Å². The van der Waals surface area contributed by atoms with Crippen LogP contribution in [0.2, 0.25) is 0 Å². The van der Waals surface area contributed by atoms with Crippen molar-refractivity contribution in [3.05, 3.63) is 98.5 Å². The first kappa shape index (κ1) is 22.9. The zero-order chi connectivity index (χ0) is 23.5. The van der Waals surface area contributed by atoms with Crippen LogP contribution in [0.1, 0.15) is 22.6 Å². The monoisotopic (exact) mass is 572 g/mol. The van der Waals surface area contributed by atoms with E-state index in [4.69, 9.17) is 4.42 Å². The van der Waals surface area contributed by atoms with Crippen LogP contribution < -0.4 is 5.32 Å². The van der Waals surface area contributed by atoms with Gasteiger partial charge in [0.05, 0.1) is 5.69 Å². The number of aromatic nitrogens is 1. The van der Waals surface area contributed by atoms with Crippen molar-refractivity contribution in [1.82, 2.24) is 4.98 Å². The molecule has 3 aromatic carbocycles. The fourth-order valence-electron chi connectivity index (χ4n) is 3.36. The van der Waals surface area contributed by atoms with Crippen molar-refractivity contribution in [2.45, 2.75) is 5.92 Å². The fourth-order valence-corrected chi connectivity index (χ4v) is 4.69. The third kappa shape index (κ3) is 5.37. The summed E-state index contributed by atoms with van der Waals surface area (Å²) in [4.78, 5) is 28.3. The quantitative estimate of drug-likeness (QED) is 0.262. The van der Waals surface area contributed by atoms with E-state index in [1.807, 2.05) is 18.2 Å². The zero-order valence-corrected chi connectivity index (χ0v) is 19.9. The Morgan fingerprint density at radius 1 is 1.03 bits per heavy atom. The van der Waals surface area contributed by atoms with Gasteiger partial charge in [-0.15, -0.1) is 0 Å². The van der Waals surface area contributed by atoms with Gasteiger partial charge in [-0.1, -0.05) is 44.0 Å². The number of nitrogens with zero attached hydrogens (tertiary/aromatic N) is 1. The maximum atomic E-state index is 14.8. The Balaban J connectivity index is 1.54. The highest BCUT2D eigenvalue weighted by atomic mass is 79.9. The fraction of sp³-hybridized carbons (Fsp3) is 0.0417. The molecule has 1 heterocycles. The SMILES string of the molecule is O=C(C=Cc1cc(Br)cc(Br)c1)Nc1ccc(C(C(=O)O)c2ccc3ocnc3c2)cc1F. The molecule has 1 atom stereocenters. The standard InChI is InChI=1S/C24H15Br2FN2O4/c25-16-7-13(8-17(26)11-16)1-6-22(30)29-19-4-2-14(9-18(19)27)23(24(31)32)15-3-5-21-20(10-15)28-12-33-21/h1-12,23H,(H,29,30)(H,31,32). The van der Waals surface area contributed by atoms with E-state index in [1.54, 1.807) is 24.3 Å². The number of aliphatic carboxylic acids is 1. The van der Waals surface area contributed by atoms with Crippen molar-refractivity contribution in [2.24, 2.45) is 0 Å². The van der Waals surface area contributed by atoms with Gasteiger partial charge in [0.2, 0.25) is 5.91 Å². The molecule has 0 aliphatic heterocycles. The molecule has 9 heteroatoms. The normalized spacial score (nSPS) is 12.2. The van der Waals surface area contributed by atoms with Crippen molar-refractivity contribution >= 4 is 66.6 Å². The number of fused-ring (bicyclic) bond motifs is 1. The first-order valence-corrected chi connectivity index (χ1v) is 11.2. The van der Waals surface area contributed by atoms with Gasteiger partial charge in [0, 0.05) is 15.0 Å². The van der Waals surface area contributed by atoms with Crippen LogP contribution in [0.5, 0.6) is 0 Å². The Bertz CT molecular complexity index is 1380. The molecule has 2 N–H and O–H groups in total. The van der Waals surface area contributed by atoms with Crippen LogP contribution >= 0.6 is 31.9 Å². The van der Waals surface area contributed by atoms with Crippen LogP contribution in [-0.2, 0) is 9.59 Å². The summed E-state index contributed by atoms with van der Waals surface area (Å²) >= 11 is 6.75. The molecule has 0 saturated carbocycles. The highest BCUT2D eigenvalue weighted by molar-refractivity contribution is 9.11. The lowest BCUT2D eigenvalue weighted by molar-refractivity contribution is -0.137. The lowest BCUT2D eigenvalue weighted by Gasteiger charge is -2.14. The van der Waals surface area contributed by atoms with E-state index in [0.29, 0.717) is 16.7 Å². The number of oxazole rings is 1. The molecule has 0 radical (unpaired) electrons. The van der Waals surface area contributed by atoms with Gasteiger partial charge in [-0.05, 0) is 65.2 Å². The lowest BCUT2D eigenvalue weighted by Crippen LogP contribution is -2.14. The molecule has 1 unspecified atom stereocenters. The van der Waals surface area contributed by atoms with Gasteiger partial charge in [-0.2, -0.15) is 0 Å². The molecule has 0 aliphatic carbocycles. The van der Waals surface area contributed by atoms with Crippen molar-refractivity contribution in [1.29, 1.82) is 0 Å². The number of anilines is 1. The summed E-state index contributed by atoms with van der Waals surface area (Å²) in [6.45, 7) is 0. The van der Waals surface area contributed by atoms with Crippen LogP contribution in [-0.4, -0.2) is 22.0 Å². The van der Waals surface area contributed by atoms with Crippen molar-refractivity contribution in [2.75, 3.05) is 5.32 Å². The van der Waals surface area contributed by atoms with Crippen LogP contribution in [0.25, 0.3) is 17.2 Å². The summed E-state index contributed by atoms with van der Waals surface area (Å²) in [6.07, 6.45) is 4.15. The topological polar surface area (TPSA) is 92.4 Å². The molecule has 1 amide bonds. The van der Waals surface area contributed by atoms with E-state index in [1.165, 1.54) is 24.6 Å². The van der Waals surface area contributed by atoms with Crippen LogP contribution in [0, 0.1) is 5.82 Å². The largest absolute Gasteiger partial charge is 0.481 e. The van der Waals surface area contributed by atoms with Crippen LogP contribution in [0.4, 0.5) is 10.1 Å². The first-order chi connectivity index (χ1) is 15.8. The molecule has 4 rings (SSSR count). The number of hydrogen-bond donors (Lipinski definition) is 2. The Hall–Kier alpha value is -3.30. The van der Waals surface area contributed by atoms with E-state index in [9.17, 15) is 19.1 Å². The van der Waals surface area contributed by atoms with Crippen molar-refractivity contribution in [3.8, 4) is 0 Å². The average molecular weight is 574 g/mol. The first-order valence-electron chi connectivity index (χ1n) is 9.61. The number of carbonyl (C=O) groups excluding carboxylic acids is 1. The number of benzene rings is 3. The number of hydrogen-bond acceptors (Lipinski definition) is 4. The molecule has 1 aromatic heterocycles. The average Bonchev–Trinajstić information content (AvgIpc) is 3.21. The predicted molar refractivity (Wildman–Crippen MR) is 129 cm³/mol. The minimum Gasteiger partial charge on any atom is -0.481 e. The Morgan fingerprint density at radius 2 is 1.73 bits per heavy atom. The third-order valence-electron chi connectivity index (χ3n) is 4.83. The van der Waals surface area contributed by atoms with E-state index >= 15 is 0 Å². The number of nitrogens with one attached hydrogen (secondary N) is 1. The lowest BCUT2D eigenvalue weighted by atomic mass is 9.91. The minimum absolute atomic E-state index is 0.0556. The minimum atomic E-state index is -1.14. The molecule has 0 saturated heterocycles. The second-order valence-electron chi connectivity index (χ2n) is 7.12. The maximum absolute atomic E-state index is 14.8. The van der Waals surface area contributed by atoms with E-state index in [2.05, 4.69) is 42.2 Å². The predicted octanol–water partition coefficient (Wildman–Crippen LogP) is 6.36. The number of halogens is 3. The molecule has 33 heavy (non-hydrogen) atoms. The van der Waals surface area contributed by atoms with Crippen LogP contribution in [0.3, 0.4) is 0 Å². The van der Waals surface area contributed by atoms with Gasteiger partial charge in [-0.3, -0.25) is 9.59 Å². The maximum Gasteiger partial charge on any atom is 0.315 e. The van der Waals surface area contributed by atoms with E-state index < -0.39 is 23.6 Å². The molecule has 0 fully saturated rings. The van der Waals surface area contributed by atoms with Gasteiger partial charge >= 0.3 is 5.97 Å². The number of amides is 1. The summed E-state index contributed by atoms with van der Waals surface area (Å²) in [5, 5.41) is 12.2. The van der Waals surface area contributed by atoms with Crippen LogP contribution in [0.15, 0.2) is 80.4 Å². The van der Waals surface area contributed by atoms with Gasteiger partial charge in [0.25, 0.3) is 0 Å². The van der Waals surface area contributed by atoms with Crippen molar-refractivity contribution < 1.29 is 23.5 Å². The van der Waals surface area contributed by atoms with E-state index in [0.717, 1.165) is 20.6 Å². The number of carbonyl (C=O) groups is 2. The molecule has 4 aromatic rings. The smallest absolute Gasteiger partial charge is 0.315 e. The van der Waals surface area contributed by atoms with Gasteiger partial charge in [0.1, 0.15) is 17.3 Å². The number of carboxylic acid groups (broad SMARTS) is 1. The van der Waals surface area contributed by atoms with Crippen molar-refractivity contribution in [3.63, 3.8) is 0 Å². The number of rotatable bonds is 6. The molecule has 0 spiro atoms. The highest BCUT2D eigenvalue weighted by Gasteiger charge is 2.24. The third-order valence-corrected chi connectivity index (χ3v) is 5.75. The second-order valence-corrected chi connectivity index (χ2v) is 8.95. The highest BCUT2D eigenvalue weighted by Crippen LogP contribution is 2.30. The zero-order valence-electron chi connectivity index (χ0n) is 16.8. The molecule has 0 bridgehead atoms. The molecule has 6 nitrogen and oxygen atoms in total. The van der Waals surface area contributed by atoms with Gasteiger partial charge in [0.15, 0.2) is 12.0 Å². The summed E-state index contributed by atoms with van der Waals surface area (Å²) in [6, 6.07) is 14.3. The Labute approximate surface area is 204 Å². The summed E-state index contributed by atoms with van der Waals surface area (Å²) < 4.78 is 21.6. The second kappa shape index (κ2) is 9.68. The molecular formula is C24H15Br2FN2O4. The Morgan fingerprint density at radius 3 is 2.42 bits per heavy atom. The summed E-state index contributed by atoms with van der Waals surface area (Å²) in [5.41, 5.74) is 2.41. The Kier molecular flexibility index (Phi) is 6.71. The molecule has 0 aliphatic rings. The summed E-state index contributed by atoms with van der Waals surface area (Å²) in [5.74, 6) is -3.52.